The van der Waals surface area contributed by atoms with Crippen LogP contribution in [0.1, 0.15) is 316 Å². The first kappa shape index (κ1) is 61.8. The van der Waals surface area contributed by atoms with Crippen LogP contribution in [0.15, 0.2) is 24.3 Å². The summed E-state index contributed by atoms with van der Waals surface area (Å²) in [7, 11) is 0. The number of hydrogen-bond acceptors (Lipinski definition) is 4. The second-order valence-electron chi connectivity index (χ2n) is 19.9. The van der Waals surface area contributed by atoms with E-state index < -0.39 is 18.2 Å². The third kappa shape index (κ3) is 48.6. The van der Waals surface area contributed by atoms with Crippen LogP contribution in [0, 0.1) is 0 Å². The van der Waals surface area contributed by atoms with Gasteiger partial charge in [0.05, 0.1) is 18.8 Å². The summed E-state index contributed by atoms with van der Waals surface area (Å²) in [6.45, 7) is 4.20. The quantitative estimate of drug-likeness (QED) is 0.0362. The molecule has 0 aromatic heterocycles. The van der Waals surface area contributed by atoms with Gasteiger partial charge in [0.1, 0.15) is 6.10 Å². The zero-order valence-electron chi connectivity index (χ0n) is 42.7. The number of aliphatic hydroxyl groups is 3. The van der Waals surface area contributed by atoms with Gasteiger partial charge in [0.15, 0.2) is 0 Å². The van der Waals surface area contributed by atoms with Crippen molar-refractivity contribution in [2.45, 2.75) is 334 Å². The molecule has 5 heteroatoms. The Kier molecular flexibility index (Phi) is 52.5. The summed E-state index contributed by atoms with van der Waals surface area (Å²) in [4.78, 5) is 12.5. The molecule has 0 fully saturated rings. The highest BCUT2D eigenvalue weighted by molar-refractivity contribution is 5.76. The molecule has 0 saturated carbocycles. The summed E-state index contributed by atoms with van der Waals surface area (Å²) in [5.74, 6) is -0.141. The Balaban J connectivity index is 3.45. The number of aliphatic hydroxyl groups excluding tert-OH is 3. The molecule has 0 rings (SSSR count). The van der Waals surface area contributed by atoms with E-state index in [1.165, 1.54) is 244 Å². The minimum Gasteiger partial charge on any atom is -0.394 e. The molecule has 374 valence electrons. The first-order chi connectivity index (χ1) is 31.1. The first-order valence-corrected chi connectivity index (χ1v) is 28.6. The number of allylic oxidation sites excluding steroid dienone is 4. The lowest BCUT2D eigenvalue weighted by molar-refractivity contribution is -0.124. The van der Waals surface area contributed by atoms with Crippen molar-refractivity contribution in [2.75, 3.05) is 6.61 Å². The largest absolute Gasteiger partial charge is 0.394 e. The van der Waals surface area contributed by atoms with E-state index in [1.807, 2.05) is 0 Å². The van der Waals surface area contributed by atoms with Gasteiger partial charge in [-0.15, -0.1) is 0 Å². The van der Waals surface area contributed by atoms with Crippen molar-refractivity contribution in [1.29, 1.82) is 0 Å². The topological polar surface area (TPSA) is 89.8 Å². The van der Waals surface area contributed by atoms with E-state index in [1.54, 1.807) is 0 Å². The Morgan fingerprint density at radius 2 is 0.683 bits per heavy atom. The molecule has 0 aliphatic carbocycles. The van der Waals surface area contributed by atoms with Gasteiger partial charge >= 0.3 is 0 Å². The molecule has 0 saturated heterocycles. The molecule has 0 spiro atoms. The Hall–Kier alpha value is -1.17. The highest BCUT2D eigenvalue weighted by Gasteiger charge is 2.26. The number of nitrogens with one attached hydrogen (secondary N) is 1. The van der Waals surface area contributed by atoms with Crippen LogP contribution in [0.3, 0.4) is 0 Å². The molecule has 0 aliphatic heterocycles. The molecule has 5 nitrogen and oxygen atoms in total. The van der Waals surface area contributed by atoms with Gasteiger partial charge in [-0.1, -0.05) is 289 Å². The average Bonchev–Trinajstić information content (AvgIpc) is 3.29. The molecular formula is C58H113NO4. The fraction of sp³-hybridized carbons (Fsp3) is 0.914. The fourth-order valence-electron chi connectivity index (χ4n) is 9.14. The number of amides is 1. The average molecular weight is 889 g/mol. The van der Waals surface area contributed by atoms with Crippen molar-refractivity contribution in [1.82, 2.24) is 5.32 Å². The van der Waals surface area contributed by atoms with Gasteiger partial charge in [-0.25, -0.2) is 0 Å². The molecule has 4 N–H and O–H groups in total. The highest BCUT2D eigenvalue weighted by atomic mass is 16.3. The zero-order chi connectivity index (χ0) is 45.8. The summed E-state index contributed by atoms with van der Waals surface area (Å²) in [6.07, 6.45) is 67.8. The molecule has 0 aromatic rings. The lowest BCUT2D eigenvalue weighted by Gasteiger charge is -2.26. The van der Waals surface area contributed by atoms with Crippen LogP contribution in [-0.2, 0) is 4.79 Å². The van der Waals surface area contributed by atoms with E-state index in [9.17, 15) is 20.1 Å². The maximum atomic E-state index is 12.5. The molecule has 1 amide bonds. The number of unbranched alkanes of at least 4 members (excludes halogenated alkanes) is 41. The van der Waals surface area contributed by atoms with Crippen LogP contribution in [0.25, 0.3) is 0 Å². The van der Waals surface area contributed by atoms with E-state index in [-0.39, 0.29) is 12.5 Å². The van der Waals surface area contributed by atoms with E-state index in [2.05, 4.69) is 43.5 Å². The van der Waals surface area contributed by atoms with E-state index in [4.69, 9.17) is 0 Å². The van der Waals surface area contributed by atoms with E-state index in [0.29, 0.717) is 12.8 Å². The maximum Gasteiger partial charge on any atom is 0.220 e. The van der Waals surface area contributed by atoms with Gasteiger partial charge in [0.2, 0.25) is 5.91 Å². The van der Waals surface area contributed by atoms with Crippen molar-refractivity contribution < 1.29 is 20.1 Å². The molecule has 3 atom stereocenters. The monoisotopic (exact) mass is 888 g/mol. The second kappa shape index (κ2) is 53.4. The third-order valence-electron chi connectivity index (χ3n) is 13.6. The predicted octanol–water partition coefficient (Wildman–Crippen LogP) is 17.7. The smallest absolute Gasteiger partial charge is 0.220 e. The van der Waals surface area contributed by atoms with Gasteiger partial charge in [-0.2, -0.15) is 0 Å². The Bertz CT molecular complexity index is 936. The third-order valence-corrected chi connectivity index (χ3v) is 13.6. The van der Waals surface area contributed by atoms with Crippen LogP contribution in [0.2, 0.25) is 0 Å². The van der Waals surface area contributed by atoms with Crippen molar-refractivity contribution in [2.24, 2.45) is 0 Å². The molecule has 0 bridgehead atoms. The van der Waals surface area contributed by atoms with Gasteiger partial charge < -0.3 is 20.6 Å². The predicted molar refractivity (Wildman–Crippen MR) is 278 cm³/mol. The van der Waals surface area contributed by atoms with Crippen molar-refractivity contribution in [3.05, 3.63) is 24.3 Å². The van der Waals surface area contributed by atoms with Crippen molar-refractivity contribution in [3.63, 3.8) is 0 Å². The Morgan fingerprint density at radius 1 is 0.397 bits per heavy atom. The van der Waals surface area contributed by atoms with E-state index >= 15 is 0 Å². The lowest BCUT2D eigenvalue weighted by Crippen LogP contribution is -2.50. The Morgan fingerprint density at radius 3 is 1.00 bits per heavy atom. The van der Waals surface area contributed by atoms with Gasteiger partial charge in [0.25, 0.3) is 0 Å². The maximum absolute atomic E-state index is 12.5. The summed E-state index contributed by atoms with van der Waals surface area (Å²) in [6, 6.07) is -0.806. The van der Waals surface area contributed by atoms with Crippen LogP contribution in [-0.4, -0.2) is 46.1 Å². The summed E-state index contributed by atoms with van der Waals surface area (Å²) < 4.78 is 0. The summed E-state index contributed by atoms with van der Waals surface area (Å²) in [5, 5.41) is 33.6. The standard InChI is InChI=1S/C58H113NO4/c1-3-5-7-9-11-13-15-17-18-19-20-21-22-23-24-25-26-27-28-29-30-31-32-33-34-35-36-37-38-39-40-41-43-45-47-49-51-53-57(62)59-55(54-60)58(63)56(61)52-50-48-46-44-42-16-14-12-10-8-6-4-2/h24-25,27-28,55-56,58,60-61,63H,3-23,26,29-54H2,1-2H3,(H,59,62)/b25-24-,28-27-. The van der Waals surface area contributed by atoms with E-state index in [0.717, 1.165) is 44.9 Å². The summed E-state index contributed by atoms with van der Waals surface area (Å²) >= 11 is 0. The number of carbonyl (C=O) groups excluding carboxylic acids is 1. The highest BCUT2D eigenvalue weighted by Crippen LogP contribution is 2.18. The van der Waals surface area contributed by atoms with Crippen LogP contribution >= 0.6 is 0 Å². The molecule has 0 aliphatic rings. The Labute approximate surface area is 394 Å². The molecule has 0 aromatic carbocycles. The van der Waals surface area contributed by atoms with Crippen molar-refractivity contribution >= 4 is 5.91 Å². The van der Waals surface area contributed by atoms with Gasteiger partial charge in [0, 0.05) is 6.42 Å². The molecular weight excluding hydrogens is 775 g/mol. The zero-order valence-corrected chi connectivity index (χ0v) is 42.7. The number of rotatable bonds is 53. The van der Waals surface area contributed by atoms with Crippen molar-refractivity contribution in [3.8, 4) is 0 Å². The minimum absolute atomic E-state index is 0.141. The van der Waals surface area contributed by atoms with Gasteiger partial charge in [-0.05, 0) is 44.9 Å². The minimum atomic E-state index is -1.13. The molecule has 63 heavy (non-hydrogen) atoms. The second-order valence-corrected chi connectivity index (χ2v) is 19.9. The first-order valence-electron chi connectivity index (χ1n) is 28.6. The van der Waals surface area contributed by atoms with Crippen LogP contribution < -0.4 is 5.32 Å². The molecule has 3 unspecified atom stereocenters. The number of hydrogen-bond donors (Lipinski definition) is 4. The van der Waals surface area contributed by atoms with Gasteiger partial charge in [-0.3, -0.25) is 4.79 Å². The normalized spacial score (nSPS) is 13.4. The molecule has 0 radical (unpaired) electrons. The number of carbonyl (C=O) groups is 1. The summed E-state index contributed by atoms with van der Waals surface area (Å²) in [5.41, 5.74) is 0. The molecule has 0 heterocycles. The van der Waals surface area contributed by atoms with Crippen LogP contribution in [0.4, 0.5) is 0 Å². The SMILES string of the molecule is CCCCCCCCCCCCCCC/C=C\C/C=C\CCCCCCCCCCCCCCCCCCCC(=O)NC(CO)C(O)C(O)CCCCCCCCCCCCCC. The fourth-order valence-corrected chi connectivity index (χ4v) is 9.14. The van der Waals surface area contributed by atoms with Crippen LogP contribution in [0.5, 0.6) is 0 Å². The lowest BCUT2D eigenvalue weighted by atomic mass is 9.99.